The van der Waals surface area contributed by atoms with Crippen molar-refractivity contribution in [2.45, 2.75) is 43.0 Å². The second-order valence-electron chi connectivity index (χ2n) is 7.93. The van der Waals surface area contributed by atoms with Crippen molar-refractivity contribution in [3.8, 4) is 0 Å². The summed E-state index contributed by atoms with van der Waals surface area (Å²) in [5.74, 6) is 2.80. The van der Waals surface area contributed by atoms with Gasteiger partial charge in [0.15, 0.2) is 0 Å². The van der Waals surface area contributed by atoms with Crippen LogP contribution in [0.15, 0.2) is 0 Å². The van der Waals surface area contributed by atoms with E-state index in [-0.39, 0.29) is 0 Å². The molecule has 4 rings (SSSR count). The summed E-state index contributed by atoms with van der Waals surface area (Å²) < 4.78 is 17.7. The maximum absolute atomic E-state index is 6.25. The van der Waals surface area contributed by atoms with Crippen LogP contribution in [-0.2, 0) is 14.2 Å². The monoisotopic (exact) mass is 341 g/mol. The van der Waals surface area contributed by atoms with Crippen LogP contribution in [0.1, 0.15) is 32.1 Å². The molecule has 4 aliphatic heterocycles. The molecule has 1 atom stereocenters. The molecule has 0 aromatic rings. The normalized spacial score (nSPS) is 33.1. The molecular weight excluding hydrogens is 310 g/mol. The third-order valence-electron chi connectivity index (χ3n) is 5.96. The van der Waals surface area contributed by atoms with Gasteiger partial charge in [0.1, 0.15) is 0 Å². The molecular formula is C18H31NO3S. The molecule has 0 aliphatic carbocycles. The van der Waals surface area contributed by atoms with E-state index in [9.17, 15) is 0 Å². The van der Waals surface area contributed by atoms with Gasteiger partial charge in [-0.25, -0.2) is 0 Å². The molecule has 0 N–H and O–H groups in total. The molecule has 1 spiro atoms. The minimum Gasteiger partial charge on any atom is -0.381 e. The van der Waals surface area contributed by atoms with Crippen molar-refractivity contribution in [3.63, 3.8) is 0 Å². The van der Waals surface area contributed by atoms with E-state index in [4.69, 9.17) is 14.2 Å². The lowest BCUT2D eigenvalue weighted by atomic mass is 9.90. The Morgan fingerprint density at radius 1 is 0.957 bits per heavy atom. The van der Waals surface area contributed by atoms with Gasteiger partial charge in [0, 0.05) is 63.2 Å². The fraction of sp³-hybridized carbons (Fsp3) is 1.00. The highest BCUT2D eigenvalue weighted by Crippen LogP contribution is 2.46. The molecule has 23 heavy (non-hydrogen) atoms. The lowest BCUT2D eigenvalue weighted by Crippen LogP contribution is -2.59. The van der Waals surface area contributed by atoms with Gasteiger partial charge in [-0.1, -0.05) is 0 Å². The fourth-order valence-electron chi connectivity index (χ4n) is 4.51. The van der Waals surface area contributed by atoms with Crippen LogP contribution in [-0.4, -0.2) is 74.2 Å². The van der Waals surface area contributed by atoms with Crippen LogP contribution >= 0.6 is 11.8 Å². The molecule has 0 aromatic carbocycles. The van der Waals surface area contributed by atoms with Crippen LogP contribution in [0, 0.1) is 11.8 Å². The Balaban J connectivity index is 1.15. The number of hydrogen-bond donors (Lipinski definition) is 0. The predicted molar refractivity (Wildman–Crippen MR) is 93.1 cm³/mol. The standard InChI is InChI=1S/C18H31NO3S/c1-5-20-6-2-15(1)10-19-13-18(14-19)9-17(12-23-18)22-11-16-3-7-21-8-4-16/h15-17H,1-14H2/t17-/m1/s1. The molecule has 0 radical (unpaired) electrons. The summed E-state index contributed by atoms with van der Waals surface area (Å²) in [6, 6.07) is 0. The van der Waals surface area contributed by atoms with Gasteiger partial charge in [0.05, 0.1) is 6.10 Å². The van der Waals surface area contributed by atoms with Crippen LogP contribution in [0.2, 0.25) is 0 Å². The lowest BCUT2D eigenvalue weighted by Gasteiger charge is -2.49. The smallest absolute Gasteiger partial charge is 0.0680 e. The molecule has 4 fully saturated rings. The first-order valence-corrected chi connectivity index (χ1v) is 10.4. The first-order valence-electron chi connectivity index (χ1n) is 9.45. The Kier molecular flexibility index (Phi) is 5.51. The summed E-state index contributed by atoms with van der Waals surface area (Å²) >= 11 is 2.18. The quantitative estimate of drug-likeness (QED) is 0.766. The van der Waals surface area contributed by atoms with Gasteiger partial charge in [-0.3, -0.25) is 0 Å². The molecule has 0 aromatic heterocycles. The van der Waals surface area contributed by atoms with Crippen molar-refractivity contribution in [2.75, 3.05) is 58.4 Å². The molecule has 5 heteroatoms. The molecule has 4 saturated heterocycles. The third-order valence-corrected chi connectivity index (χ3v) is 7.54. The Morgan fingerprint density at radius 3 is 2.30 bits per heavy atom. The maximum Gasteiger partial charge on any atom is 0.0680 e. The summed E-state index contributed by atoms with van der Waals surface area (Å²) in [6.07, 6.45) is 6.65. The maximum atomic E-state index is 6.25. The van der Waals surface area contributed by atoms with Crippen LogP contribution in [0.3, 0.4) is 0 Å². The van der Waals surface area contributed by atoms with Crippen LogP contribution < -0.4 is 0 Å². The van der Waals surface area contributed by atoms with E-state index >= 15 is 0 Å². The summed E-state index contributed by atoms with van der Waals surface area (Å²) in [5.41, 5.74) is 0. The van der Waals surface area contributed by atoms with Crippen molar-refractivity contribution < 1.29 is 14.2 Å². The van der Waals surface area contributed by atoms with Crippen LogP contribution in [0.4, 0.5) is 0 Å². The van der Waals surface area contributed by atoms with Crippen LogP contribution in [0.25, 0.3) is 0 Å². The second kappa shape index (κ2) is 7.61. The highest BCUT2D eigenvalue weighted by molar-refractivity contribution is 8.01. The van der Waals surface area contributed by atoms with E-state index < -0.39 is 0 Å². The summed E-state index contributed by atoms with van der Waals surface area (Å²) in [6.45, 7) is 8.62. The van der Waals surface area contributed by atoms with E-state index in [1.807, 2.05) is 0 Å². The Bertz CT molecular complexity index is 376. The summed E-state index contributed by atoms with van der Waals surface area (Å²) in [5, 5.41) is 0. The Labute approximate surface area is 144 Å². The van der Waals surface area contributed by atoms with E-state index in [1.165, 1.54) is 57.5 Å². The van der Waals surface area contributed by atoms with E-state index in [0.29, 0.717) is 10.9 Å². The minimum absolute atomic E-state index is 0.494. The van der Waals surface area contributed by atoms with Crippen LogP contribution in [0.5, 0.6) is 0 Å². The number of nitrogens with zero attached hydrogens (tertiary/aromatic N) is 1. The zero-order valence-electron chi connectivity index (χ0n) is 14.2. The highest BCUT2D eigenvalue weighted by atomic mass is 32.2. The number of hydrogen-bond acceptors (Lipinski definition) is 5. The average molecular weight is 342 g/mol. The first kappa shape index (κ1) is 16.6. The largest absolute Gasteiger partial charge is 0.381 e. The van der Waals surface area contributed by atoms with Gasteiger partial charge in [0.2, 0.25) is 0 Å². The molecule has 132 valence electrons. The third kappa shape index (κ3) is 4.24. The van der Waals surface area contributed by atoms with Gasteiger partial charge in [-0.05, 0) is 43.9 Å². The van der Waals surface area contributed by atoms with Crippen molar-refractivity contribution >= 4 is 11.8 Å². The number of thioether (sulfide) groups is 1. The zero-order chi connectivity index (χ0) is 15.5. The second-order valence-corrected chi connectivity index (χ2v) is 9.42. The van der Waals surface area contributed by atoms with Crippen molar-refractivity contribution in [1.82, 2.24) is 4.90 Å². The van der Waals surface area contributed by atoms with E-state index in [1.54, 1.807) is 0 Å². The Morgan fingerprint density at radius 2 is 1.61 bits per heavy atom. The SMILES string of the molecule is C1CC(CO[C@H]2CSC3(C2)CN(CC2CCOCC2)C3)CCO1. The van der Waals surface area contributed by atoms with E-state index in [0.717, 1.165) is 44.9 Å². The molecule has 4 nitrogen and oxygen atoms in total. The van der Waals surface area contributed by atoms with Gasteiger partial charge < -0.3 is 19.1 Å². The topological polar surface area (TPSA) is 30.9 Å². The van der Waals surface area contributed by atoms with E-state index in [2.05, 4.69) is 16.7 Å². The summed E-state index contributed by atoms with van der Waals surface area (Å²) in [7, 11) is 0. The molecule has 0 unspecified atom stereocenters. The molecule has 4 aliphatic rings. The number of ether oxygens (including phenoxy) is 3. The zero-order valence-corrected chi connectivity index (χ0v) is 15.0. The molecule has 0 saturated carbocycles. The van der Waals surface area contributed by atoms with Gasteiger partial charge in [0.25, 0.3) is 0 Å². The minimum atomic E-state index is 0.494. The lowest BCUT2D eigenvalue weighted by molar-refractivity contribution is -0.0160. The average Bonchev–Trinajstić information content (AvgIpc) is 2.99. The first-order chi connectivity index (χ1) is 11.3. The number of rotatable bonds is 5. The van der Waals surface area contributed by atoms with Crippen molar-refractivity contribution in [3.05, 3.63) is 0 Å². The number of likely N-dealkylation sites (tertiary alicyclic amines) is 1. The molecule has 4 heterocycles. The Hall–Kier alpha value is 0.190. The van der Waals surface area contributed by atoms with Gasteiger partial charge in [-0.2, -0.15) is 0 Å². The molecule has 0 amide bonds. The van der Waals surface area contributed by atoms with Gasteiger partial charge in [-0.15, -0.1) is 11.8 Å². The molecule has 0 bridgehead atoms. The highest BCUT2D eigenvalue weighted by Gasteiger charge is 2.49. The summed E-state index contributed by atoms with van der Waals surface area (Å²) in [4.78, 5) is 2.67. The van der Waals surface area contributed by atoms with Gasteiger partial charge >= 0.3 is 0 Å². The fourth-order valence-corrected chi connectivity index (χ4v) is 6.11. The van der Waals surface area contributed by atoms with Crippen molar-refractivity contribution in [1.29, 1.82) is 0 Å². The predicted octanol–water partition coefficient (Wildman–Crippen LogP) is 2.42. The van der Waals surface area contributed by atoms with Crippen molar-refractivity contribution in [2.24, 2.45) is 11.8 Å².